The smallest absolute Gasteiger partial charge is 0.345 e. The average molecular weight is 224 g/mol. The van der Waals surface area contributed by atoms with E-state index >= 15 is 0 Å². The van der Waals surface area contributed by atoms with E-state index in [1.807, 2.05) is 0 Å². The van der Waals surface area contributed by atoms with E-state index in [0.717, 1.165) is 6.07 Å². The number of aryl methyl sites for hydroxylation is 1. The number of rotatable bonds is 1. The van der Waals surface area contributed by atoms with Gasteiger partial charge in [-0.25, -0.2) is 9.18 Å². The van der Waals surface area contributed by atoms with E-state index in [-0.39, 0.29) is 17.7 Å². The highest BCUT2D eigenvalue weighted by atomic mass is 19.1. The van der Waals surface area contributed by atoms with Gasteiger partial charge in [-0.1, -0.05) is 0 Å². The van der Waals surface area contributed by atoms with Crippen molar-refractivity contribution in [2.75, 3.05) is 0 Å². The molecule has 84 valence electrons. The fourth-order valence-electron chi connectivity index (χ4n) is 1.58. The standard InChI is InChI=1S/C11H9FO4/c1-5-2-9-6(3-7(5)12)8(13)4-10(16-9)11(14)15/h2-3,10H,4H2,1H3,(H,14,15)/t10-/m0/s1. The molecule has 1 atom stereocenters. The molecule has 1 aromatic carbocycles. The van der Waals surface area contributed by atoms with Gasteiger partial charge in [0.15, 0.2) is 5.78 Å². The molecule has 0 unspecified atom stereocenters. The van der Waals surface area contributed by atoms with Crippen LogP contribution in [0.5, 0.6) is 5.75 Å². The highest BCUT2D eigenvalue weighted by Crippen LogP contribution is 2.30. The van der Waals surface area contributed by atoms with E-state index in [1.165, 1.54) is 13.0 Å². The average Bonchev–Trinajstić information content (AvgIpc) is 2.20. The fraction of sp³-hybridized carbons (Fsp3) is 0.273. The Morgan fingerprint density at radius 2 is 2.25 bits per heavy atom. The van der Waals surface area contributed by atoms with E-state index in [1.54, 1.807) is 0 Å². The van der Waals surface area contributed by atoms with Crippen LogP contribution in [-0.4, -0.2) is 23.0 Å². The fourth-order valence-corrected chi connectivity index (χ4v) is 1.58. The number of carboxylic acids is 1. The molecule has 0 saturated carbocycles. The molecule has 1 aliphatic heterocycles. The first-order chi connectivity index (χ1) is 7.49. The summed E-state index contributed by atoms with van der Waals surface area (Å²) in [7, 11) is 0. The maximum Gasteiger partial charge on any atom is 0.345 e. The topological polar surface area (TPSA) is 63.6 Å². The number of hydrogen-bond acceptors (Lipinski definition) is 3. The van der Waals surface area contributed by atoms with Crippen molar-refractivity contribution in [1.82, 2.24) is 0 Å². The number of benzene rings is 1. The van der Waals surface area contributed by atoms with E-state index in [4.69, 9.17) is 9.84 Å². The molecule has 0 amide bonds. The summed E-state index contributed by atoms with van der Waals surface area (Å²) in [5, 5.41) is 8.75. The molecule has 5 heteroatoms. The van der Waals surface area contributed by atoms with Crippen LogP contribution in [-0.2, 0) is 4.79 Å². The summed E-state index contributed by atoms with van der Waals surface area (Å²) in [4.78, 5) is 22.3. The molecule has 0 spiro atoms. The van der Waals surface area contributed by atoms with Gasteiger partial charge in [0.1, 0.15) is 11.6 Å². The predicted molar refractivity (Wildman–Crippen MR) is 52.1 cm³/mol. The van der Waals surface area contributed by atoms with E-state index in [0.29, 0.717) is 5.56 Å². The van der Waals surface area contributed by atoms with Crippen LogP contribution in [0.1, 0.15) is 22.3 Å². The van der Waals surface area contributed by atoms with Crippen molar-refractivity contribution < 1.29 is 23.8 Å². The van der Waals surface area contributed by atoms with Crippen LogP contribution in [0.2, 0.25) is 0 Å². The summed E-state index contributed by atoms with van der Waals surface area (Å²) in [5.41, 5.74) is 0.429. The first-order valence-corrected chi connectivity index (χ1v) is 4.72. The number of aliphatic carboxylic acids is 1. The van der Waals surface area contributed by atoms with Gasteiger partial charge < -0.3 is 9.84 Å². The Balaban J connectivity index is 2.46. The number of carboxylic acid groups (broad SMARTS) is 1. The lowest BCUT2D eigenvalue weighted by Gasteiger charge is -2.22. The van der Waals surface area contributed by atoms with E-state index in [2.05, 4.69) is 0 Å². The monoisotopic (exact) mass is 224 g/mol. The van der Waals surface area contributed by atoms with E-state index < -0.39 is 23.7 Å². The molecule has 16 heavy (non-hydrogen) atoms. The number of fused-ring (bicyclic) bond motifs is 1. The quantitative estimate of drug-likeness (QED) is 0.786. The summed E-state index contributed by atoms with van der Waals surface area (Å²) in [6.07, 6.45) is -1.44. The Kier molecular flexibility index (Phi) is 2.38. The van der Waals surface area contributed by atoms with Gasteiger partial charge in [0.2, 0.25) is 6.10 Å². The first-order valence-electron chi connectivity index (χ1n) is 4.72. The third kappa shape index (κ3) is 1.64. The van der Waals surface area contributed by atoms with Crippen molar-refractivity contribution in [3.8, 4) is 5.75 Å². The maximum absolute atomic E-state index is 13.2. The molecule has 0 aliphatic carbocycles. The molecule has 1 heterocycles. The molecule has 0 radical (unpaired) electrons. The minimum atomic E-state index is -1.19. The van der Waals surface area contributed by atoms with Crippen LogP contribution >= 0.6 is 0 Å². The van der Waals surface area contributed by atoms with Gasteiger partial charge in [0.25, 0.3) is 0 Å². The Hall–Kier alpha value is -1.91. The SMILES string of the molecule is Cc1cc2c(cc1F)C(=O)C[C@@H](C(=O)O)O2. The number of carbonyl (C=O) groups is 2. The van der Waals surface area contributed by atoms with Crippen molar-refractivity contribution in [3.63, 3.8) is 0 Å². The van der Waals surface area contributed by atoms with Gasteiger partial charge in [-0.3, -0.25) is 4.79 Å². The number of ketones is 1. The van der Waals surface area contributed by atoms with E-state index in [9.17, 15) is 14.0 Å². The minimum Gasteiger partial charge on any atom is -0.478 e. The molecule has 0 aromatic heterocycles. The molecule has 0 bridgehead atoms. The maximum atomic E-state index is 13.2. The molecular weight excluding hydrogens is 215 g/mol. The number of halogens is 1. The van der Waals surface area contributed by atoms with Crippen molar-refractivity contribution in [2.24, 2.45) is 0 Å². The number of Topliss-reactive ketones (excluding diaryl/α,β-unsaturated/α-hetero) is 1. The van der Waals surface area contributed by atoms with Crippen molar-refractivity contribution in [1.29, 1.82) is 0 Å². The lowest BCUT2D eigenvalue weighted by atomic mass is 9.99. The Labute approximate surface area is 90.6 Å². The molecule has 0 saturated heterocycles. The second-order valence-corrected chi connectivity index (χ2v) is 3.67. The minimum absolute atomic E-state index is 0.112. The van der Waals surface area contributed by atoms with Crippen molar-refractivity contribution in [3.05, 3.63) is 29.1 Å². The number of carbonyl (C=O) groups excluding carboxylic acids is 1. The van der Waals surface area contributed by atoms with Gasteiger partial charge in [0, 0.05) is 0 Å². The first kappa shape index (κ1) is 10.6. The van der Waals surface area contributed by atoms with Gasteiger partial charge >= 0.3 is 5.97 Å². The van der Waals surface area contributed by atoms with Crippen LogP contribution in [0.4, 0.5) is 4.39 Å². The molecule has 1 aliphatic rings. The second-order valence-electron chi connectivity index (χ2n) is 3.67. The molecule has 4 nitrogen and oxygen atoms in total. The number of ether oxygens (including phenoxy) is 1. The number of hydrogen-bond donors (Lipinski definition) is 1. The Morgan fingerprint density at radius 1 is 1.56 bits per heavy atom. The van der Waals surface area contributed by atoms with Crippen LogP contribution in [0.15, 0.2) is 12.1 Å². The van der Waals surface area contributed by atoms with Crippen LogP contribution in [0.25, 0.3) is 0 Å². The van der Waals surface area contributed by atoms with Crippen molar-refractivity contribution in [2.45, 2.75) is 19.4 Å². The second kappa shape index (κ2) is 3.59. The highest BCUT2D eigenvalue weighted by Gasteiger charge is 2.31. The van der Waals surface area contributed by atoms with Crippen LogP contribution < -0.4 is 4.74 Å². The molecule has 1 N–H and O–H groups in total. The summed E-state index contributed by atoms with van der Waals surface area (Å²) in [6, 6.07) is 2.43. The van der Waals surface area contributed by atoms with Gasteiger partial charge in [-0.05, 0) is 24.6 Å². The zero-order valence-electron chi connectivity index (χ0n) is 8.49. The highest BCUT2D eigenvalue weighted by molar-refractivity contribution is 6.02. The zero-order chi connectivity index (χ0) is 11.9. The van der Waals surface area contributed by atoms with Crippen molar-refractivity contribution >= 4 is 11.8 Å². The molecule has 0 fully saturated rings. The normalized spacial score (nSPS) is 18.9. The van der Waals surface area contributed by atoms with Gasteiger partial charge in [-0.2, -0.15) is 0 Å². The third-order valence-electron chi connectivity index (χ3n) is 2.48. The third-order valence-corrected chi connectivity index (χ3v) is 2.48. The lowest BCUT2D eigenvalue weighted by Crippen LogP contribution is -2.34. The van der Waals surface area contributed by atoms with Crippen LogP contribution in [0.3, 0.4) is 0 Å². The summed E-state index contributed by atoms with van der Waals surface area (Å²) in [5.74, 6) is -1.96. The van der Waals surface area contributed by atoms with Gasteiger partial charge in [0.05, 0.1) is 12.0 Å². The summed E-state index contributed by atoms with van der Waals surface area (Å²) < 4.78 is 18.3. The Morgan fingerprint density at radius 3 is 2.88 bits per heavy atom. The molecule has 1 aromatic rings. The predicted octanol–water partition coefficient (Wildman–Crippen LogP) is 1.55. The lowest BCUT2D eigenvalue weighted by molar-refractivity contribution is -0.145. The van der Waals surface area contributed by atoms with Crippen LogP contribution in [0, 0.1) is 12.7 Å². The molecule has 2 rings (SSSR count). The van der Waals surface area contributed by atoms with Gasteiger partial charge in [-0.15, -0.1) is 0 Å². The molecular formula is C11H9FO4. The summed E-state index contributed by atoms with van der Waals surface area (Å²) >= 11 is 0. The Bertz CT molecular complexity index is 481. The zero-order valence-corrected chi connectivity index (χ0v) is 8.49. The summed E-state index contributed by atoms with van der Waals surface area (Å²) in [6.45, 7) is 1.52. The largest absolute Gasteiger partial charge is 0.478 e.